The van der Waals surface area contributed by atoms with E-state index < -0.39 is 0 Å². The molecule has 0 aromatic rings. The van der Waals surface area contributed by atoms with E-state index in [0.29, 0.717) is 0 Å². The quantitative estimate of drug-likeness (QED) is 0.595. The van der Waals surface area contributed by atoms with Gasteiger partial charge in [0.15, 0.2) is 0 Å². The second kappa shape index (κ2) is 6.48. The fourth-order valence-electron chi connectivity index (χ4n) is 0. The summed E-state index contributed by atoms with van der Waals surface area (Å²) < 4.78 is 0. The van der Waals surface area contributed by atoms with Crippen molar-refractivity contribution < 1.29 is 0 Å². The van der Waals surface area contributed by atoms with Gasteiger partial charge in [-0.3, -0.25) is 0 Å². The third-order valence-electron chi connectivity index (χ3n) is 0.309. The Kier molecular flexibility index (Phi) is 8.66. The zero-order chi connectivity index (χ0) is 8.78. The van der Waals surface area contributed by atoms with Gasteiger partial charge in [-0.15, -0.1) is 11.6 Å². The molecule has 0 amide bonds. The van der Waals surface area contributed by atoms with Crippen molar-refractivity contribution in [2.45, 2.75) is 39.5 Å². The van der Waals surface area contributed by atoms with E-state index in [-0.39, 0.29) is 4.87 Å². The maximum absolute atomic E-state index is 5.53. The Morgan fingerprint density at radius 2 is 1.40 bits per heavy atom. The largest absolute Gasteiger partial charge is 0.120 e. The standard InChI is InChI=1S/C4H9Br.C4H9Cl/c1-4(2)3-5;1-4(2,3)5/h4H,3H2,1-2H3;1-3H3. The summed E-state index contributed by atoms with van der Waals surface area (Å²) in [4.78, 5) is -0.0278. The van der Waals surface area contributed by atoms with Crippen molar-refractivity contribution in [2.24, 2.45) is 5.92 Å². The van der Waals surface area contributed by atoms with Crippen molar-refractivity contribution in [3.05, 3.63) is 0 Å². The molecule has 0 heterocycles. The van der Waals surface area contributed by atoms with Gasteiger partial charge in [-0.1, -0.05) is 29.8 Å². The number of rotatable bonds is 1. The molecular formula is C8H18BrCl. The van der Waals surface area contributed by atoms with Crippen molar-refractivity contribution in [3.63, 3.8) is 0 Å². The first-order valence-electron chi connectivity index (χ1n) is 3.52. The molecule has 0 aliphatic carbocycles. The first-order chi connectivity index (χ1) is 4.27. The summed E-state index contributed by atoms with van der Waals surface area (Å²) >= 11 is 8.84. The van der Waals surface area contributed by atoms with Gasteiger partial charge in [-0.25, -0.2) is 0 Å². The van der Waals surface area contributed by atoms with Gasteiger partial charge in [-0.2, -0.15) is 0 Å². The van der Waals surface area contributed by atoms with E-state index in [0.717, 1.165) is 11.2 Å². The Hall–Kier alpha value is 0.770. The van der Waals surface area contributed by atoms with Crippen LogP contribution in [0.2, 0.25) is 0 Å². The third-order valence-corrected chi connectivity index (χ3v) is 1.60. The average molecular weight is 230 g/mol. The van der Waals surface area contributed by atoms with Gasteiger partial charge >= 0.3 is 0 Å². The van der Waals surface area contributed by atoms with Crippen LogP contribution in [-0.4, -0.2) is 10.2 Å². The fraction of sp³-hybridized carbons (Fsp3) is 1.00. The molecule has 0 aromatic carbocycles. The number of hydrogen-bond acceptors (Lipinski definition) is 0. The molecule has 0 saturated heterocycles. The SMILES string of the molecule is CC(C)(C)Cl.CC(C)CBr. The summed E-state index contributed by atoms with van der Waals surface area (Å²) in [5.74, 6) is 0.801. The Bertz CT molecular complexity index is 58.1. The molecule has 0 atom stereocenters. The van der Waals surface area contributed by atoms with Gasteiger partial charge in [-0.05, 0) is 26.7 Å². The van der Waals surface area contributed by atoms with Crippen molar-refractivity contribution >= 4 is 27.5 Å². The van der Waals surface area contributed by atoms with E-state index in [9.17, 15) is 0 Å². The molecule has 0 rings (SSSR count). The molecule has 0 saturated carbocycles. The van der Waals surface area contributed by atoms with Crippen LogP contribution < -0.4 is 0 Å². The summed E-state index contributed by atoms with van der Waals surface area (Å²) in [6, 6.07) is 0. The van der Waals surface area contributed by atoms with E-state index in [2.05, 4.69) is 29.8 Å². The Labute approximate surface area is 78.5 Å². The van der Waals surface area contributed by atoms with Crippen LogP contribution in [0.25, 0.3) is 0 Å². The lowest BCUT2D eigenvalue weighted by molar-refractivity contribution is 0.756. The highest BCUT2D eigenvalue weighted by Crippen LogP contribution is 2.07. The molecule has 0 radical (unpaired) electrons. The lowest BCUT2D eigenvalue weighted by Gasteiger charge is -2.01. The van der Waals surface area contributed by atoms with Crippen molar-refractivity contribution in [1.29, 1.82) is 0 Å². The Morgan fingerprint density at radius 3 is 1.40 bits per heavy atom. The lowest BCUT2D eigenvalue weighted by atomic mass is 10.3. The summed E-state index contributed by atoms with van der Waals surface area (Å²) in [5.41, 5.74) is 0. The highest BCUT2D eigenvalue weighted by atomic mass is 79.9. The Morgan fingerprint density at radius 1 is 1.30 bits per heavy atom. The van der Waals surface area contributed by atoms with Crippen LogP contribution in [0.1, 0.15) is 34.6 Å². The fourth-order valence-corrected chi connectivity index (χ4v) is 0. The molecule has 0 fully saturated rings. The zero-order valence-corrected chi connectivity index (χ0v) is 9.88. The second-order valence-corrected chi connectivity index (χ2v) is 5.40. The average Bonchev–Trinajstić information content (AvgIpc) is 1.61. The lowest BCUT2D eigenvalue weighted by Crippen LogP contribution is -1.99. The number of halogens is 2. The van der Waals surface area contributed by atoms with Gasteiger partial charge in [0.05, 0.1) is 0 Å². The Balaban J connectivity index is 0. The van der Waals surface area contributed by atoms with Crippen LogP contribution in [0.3, 0.4) is 0 Å². The molecule has 0 aliphatic rings. The van der Waals surface area contributed by atoms with E-state index in [1.165, 1.54) is 0 Å². The van der Waals surface area contributed by atoms with Gasteiger partial charge < -0.3 is 0 Å². The molecule has 0 unspecified atom stereocenters. The van der Waals surface area contributed by atoms with Gasteiger partial charge in [0.2, 0.25) is 0 Å². The van der Waals surface area contributed by atoms with Crippen molar-refractivity contribution in [1.82, 2.24) is 0 Å². The molecule has 0 aromatic heterocycles. The van der Waals surface area contributed by atoms with Crippen LogP contribution in [-0.2, 0) is 0 Å². The zero-order valence-electron chi connectivity index (χ0n) is 7.54. The predicted octanol–water partition coefficient (Wildman–Crippen LogP) is 4.06. The van der Waals surface area contributed by atoms with Gasteiger partial charge in [0.25, 0.3) is 0 Å². The first-order valence-corrected chi connectivity index (χ1v) is 5.02. The summed E-state index contributed by atoms with van der Waals surface area (Å²) in [5, 5.41) is 1.12. The van der Waals surface area contributed by atoms with Crippen LogP contribution in [0.15, 0.2) is 0 Å². The minimum atomic E-state index is -0.0278. The highest BCUT2D eigenvalue weighted by molar-refractivity contribution is 9.09. The molecular weight excluding hydrogens is 211 g/mol. The maximum atomic E-state index is 5.53. The van der Waals surface area contributed by atoms with E-state index in [4.69, 9.17) is 11.6 Å². The second-order valence-electron chi connectivity index (χ2n) is 3.62. The third kappa shape index (κ3) is 69.0. The van der Waals surface area contributed by atoms with Crippen LogP contribution in [0.5, 0.6) is 0 Å². The minimum absolute atomic E-state index is 0.0278. The smallest absolute Gasteiger partial charge is 0.0362 e. The summed E-state index contributed by atoms with van der Waals surface area (Å²) in [6.07, 6.45) is 0. The van der Waals surface area contributed by atoms with Crippen LogP contribution in [0, 0.1) is 5.92 Å². The minimum Gasteiger partial charge on any atom is -0.120 e. The first kappa shape index (κ1) is 13.4. The molecule has 2 heteroatoms. The molecule has 64 valence electrons. The van der Waals surface area contributed by atoms with E-state index in [1.807, 2.05) is 20.8 Å². The van der Waals surface area contributed by atoms with Crippen LogP contribution >= 0.6 is 27.5 Å². The molecule has 0 aliphatic heterocycles. The van der Waals surface area contributed by atoms with E-state index >= 15 is 0 Å². The van der Waals surface area contributed by atoms with Crippen molar-refractivity contribution in [3.8, 4) is 0 Å². The topological polar surface area (TPSA) is 0 Å². The molecule has 10 heavy (non-hydrogen) atoms. The van der Waals surface area contributed by atoms with Gasteiger partial charge in [0.1, 0.15) is 0 Å². The normalized spacial score (nSPS) is 10.8. The summed E-state index contributed by atoms with van der Waals surface area (Å²) in [6.45, 7) is 10.2. The van der Waals surface area contributed by atoms with Crippen LogP contribution in [0.4, 0.5) is 0 Å². The van der Waals surface area contributed by atoms with Gasteiger partial charge in [0, 0.05) is 10.2 Å². The molecule has 0 N–H and O–H groups in total. The maximum Gasteiger partial charge on any atom is 0.0362 e. The van der Waals surface area contributed by atoms with Crippen molar-refractivity contribution in [2.75, 3.05) is 5.33 Å². The van der Waals surface area contributed by atoms with E-state index in [1.54, 1.807) is 0 Å². The predicted molar refractivity (Wildman–Crippen MR) is 54.2 cm³/mol. The molecule has 0 spiro atoms. The number of alkyl halides is 2. The molecule has 0 nitrogen and oxygen atoms in total. The number of hydrogen-bond donors (Lipinski definition) is 0. The summed E-state index contributed by atoms with van der Waals surface area (Å²) in [7, 11) is 0. The monoisotopic (exact) mass is 228 g/mol. The highest BCUT2D eigenvalue weighted by Gasteiger charge is 1.99. The molecule has 0 bridgehead atoms.